The van der Waals surface area contributed by atoms with E-state index in [9.17, 15) is 0 Å². The van der Waals surface area contributed by atoms with E-state index in [1.165, 1.54) is 71.5 Å². The van der Waals surface area contributed by atoms with Crippen molar-refractivity contribution in [1.82, 2.24) is 4.57 Å². The lowest BCUT2D eigenvalue weighted by atomic mass is 10.00. The van der Waals surface area contributed by atoms with Crippen LogP contribution in [0.15, 0.2) is 243 Å². The zero-order valence-electron chi connectivity index (χ0n) is 33.0. The molecule has 1 aromatic heterocycles. The maximum atomic E-state index is 2.44. The van der Waals surface area contributed by atoms with Crippen molar-refractivity contribution in [3.05, 3.63) is 243 Å². The highest BCUT2D eigenvalue weighted by Gasteiger charge is 2.18. The molecule has 0 aliphatic rings. The van der Waals surface area contributed by atoms with Gasteiger partial charge in [0.15, 0.2) is 0 Å². The number of para-hydroxylation sites is 2. The lowest BCUT2D eigenvalue weighted by Gasteiger charge is -2.26. The van der Waals surface area contributed by atoms with Crippen LogP contribution in [-0.4, -0.2) is 4.57 Å². The largest absolute Gasteiger partial charge is 0.311 e. The van der Waals surface area contributed by atoms with Gasteiger partial charge in [-0.15, -0.1) is 0 Å². The van der Waals surface area contributed by atoms with Crippen LogP contribution in [0, 0.1) is 0 Å². The van der Waals surface area contributed by atoms with Gasteiger partial charge in [-0.2, -0.15) is 0 Å². The maximum Gasteiger partial charge on any atom is 0.0547 e. The summed E-state index contributed by atoms with van der Waals surface area (Å²) in [6, 6.07) is 87.8. The van der Waals surface area contributed by atoms with Crippen molar-refractivity contribution in [3.63, 3.8) is 0 Å². The van der Waals surface area contributed by atoms with Gasteiger partial charge in [0.05, 0.1) is 16.7 Å². The standard InChI is InChI=1S/C58H40N2/c1-3-13-41(14-4-1)44-25-32-50(33-26-44)59(51-34-27-45(28-35-51)48-24-23-43-17-7-8-18-47(43)39-48)52-36-29-46(30-37-52)53-19-9-11-21-56(53)60-57-22-12-10-20-54(57)55-38-31-49(40-58(55)60)42-15-5-2-6-16-42/h1-40H. The Bertz CT molecular complexity index is 3270. The third kappa shape index (κ3) is 6.41. The average molecular weight is 765 g/mol. The lowest BCUT2D eigenvalue weighted by Crippen LogP contribution is -2.09. The molecule has 0 aliphatic heterocycles. The Morgan fingerprint density at radius 2 is 0.717 bits per heavy atom. The van der Waals surface area contributed by atoms with Crippen LogP contribution in [0.4, 0.5) is 17.1 Å². The molecule has 0 radical (unpaired) electrons. The van der Waals surface area contributed by atoms with Crippen molar-refractivity contribution in [2.75, 3.05) is 4.90 Å². The summed E-state index contributed by atoms with van der Waals surface area (Å²) in [7, 11) is 0. The fraction of sp³-hybridized carbons (Fsp3) is 0. The van der Waals surface area contributed by atoms with Gasteiger partial charge < -0.3 is 9.47 Å². The normalized spacial score (nSPS) is 11.3. The van der Waals surface area contributed by atoms with Crippen LogP contribution in [0.25, 0.3) is 82.8 Å². The zero-order valence-corrected chi connectivity index (χ0v) is 33.0. The van der Waals surface area contributed by atoms with E-state index >= 15 is 0 Å². The van der Waals surface area contributed by atoms with E-state index in [2.05, 4.69) is 252 Å². The van der Waals surface area contributed by atoms with Crippen molar-refractivity contribution in [2.45, 2.75) is 0 Å². The first-order chi connectivity index (χ1) is 29.7. The minimum Gasteiger partial charge on any atom is -0.311 e. The molecule has 11 rings (SSSR count). The molecular formula is C58H40N2. The van der Waals surface area contributed by atoms with Crippen LogP contribution in [0.5, 0.6) is 0 Å². The van der Waals surface area contributed by atoms with E-state index in [1.54, 1.807) is 0 Å². The van der Waals surface area contributed by atoms with E-state index in [0.29, 0.717) is 0 Å². The van der Waals surface area contributed by atoms with Gasteiger partial charge in [0, 0.05) is 33.4 Å². The predicted octanol–water partition coefficient (Wildman–Crippen LogP) is 16.1. The quantitative estimate of drug-likeness (QED) is 0.150. The van der Waals surface area contributed by atoms with Gasteiger partial charge in [-0.05, 0) is 110 Å². The van der Waals surface area contributed by atoms with Crippen LogP contribution < -0.4 is 4.90 Å². The van der Waals surface area contributed by atoms with E-state index in [4.69, 9.17) is 0 Å². The molecule has 2 nitrogen and oxygen atoms in total. The van der Waals surface area contributed by atoms with Gasteiger partial charge in [0.2, 0.25) is 0 Å². The second-order valence-corrected chi connectivity index (χ2v) is 15.4. The molecule has 0 amide bonds. The third-order valence-electron chi connectivity index (χ3n) is 11.8. The minimum absolute atomic E-state index is 1.09. The van der Waals surface area contributed by atoms with Crippen LogP contribution >= 0.6 is 0 Å². The highest BCUT2D eigenvalue weighted by molar-refractivity contribution is 6.10. The summed E-state index contributed by atoms with van der Waals surface area (Å²) in [5.74, 6) is 0. The number of benzene rings is 10. The van der Waals surface area contributed by atoms with Gasteiger partial charge in [-0.25, -0.2) is 0 Å². The van der Waals surface area contributed by atoms with Gasteiger partial charge in [0.1, 0.15) is 0 Å². The van der Waals surface area contributed by atoms with Crippen LogP contribution in [0.3, 0.4) is 0 Å². The van der Waals surface area contributed by atoms with Gasteiger partial charge in [-0.3, -0.25) is 0 Å². The van der Waals surface area contributed by atoms with Crippen LogP contribution in [-0.2, 0) is 0 Å². The second-order valence-electron chi connectivity index (χ2n) is 15.4. The Kier molecular flexibility index (Phi) is 8.87. The molecule has 0 spiro atoms. The SMILES string of the molecule is c1ccc(-c2ccc(N(c3ccc(-c4ccc5ccccc5c4)cc3)c3ccc(-c4ccccc4-n4c5ccccc5c5ccc(-c6ccccc6)cc54)cc3)cc2)cc1. The summed E-state index contributed by atoms with van der Waals surface area (Å²) in [5.41, 5.74) is 16.4. The molecule has 0 saturated carbocycles. The van der Waals surface area contributed by atoms with E-state index in [1.807, 2.05) is 0 Å². The zero-order chi connectivity index (χ0) is 39.8. The topological polar surface area (TPSA) is 8.17 Å². The van der Waals surface area contributed by atoms with Crippen molar-refractivity contribution < 1.29 is 0 Å². The molecule has 1 heterocycles. The molecule has 0 saturated heterocycles. The fourth-order valence-electron chi connectivity index (χ4n) is 8.80. The first kappa shape index (κ1) is 35.2. The molecule has 0 bridgehead atoms. The molecule has 60 heavy (non-hydrogen) atoms. The number of nitrogens with zero attached hydrogens (tertiary/aromatic N) is 2. The maximum absolute atomic E-state index is 2.44. The Morgan fingerprint density at radius 1 is 0.267 bits per heavy atom. The number of rotatable bonds is 8. The summed E-state index contributed by atoms with van der Waals surface area (Å²) in [5, 5.41) is 4.99. The number of hydrogen-bond donors (Lipinski definition) is 0. The fourth-order valence-corrected chi connectivity index (χ4v) is 8.80. The van der Waals surface area contributed by atoms with E-state index in [0.717, 1.165) is 28.3 Å². The van der Waals surface area contributed by atoms with Gasteiger partial charge >= 0.3 is 0 Å². The lowest BCUT2D eigenvalue weighted by molar-refractivity contribution is 1.18. The summed E-state index contributed by atoms with van der Waals surface area (Å²) < 4.78 is 2.44. The summed E-state index contributed by atoms with van der Waals surface area (Å²) in [6.45, 7) is 0. The molecule has 0 unspecified atom stereocenters. The summed E-state index contributed by atoms with van der Waals surface area (Å²) in [4.78, 5) is 2.35. The van der Waals surface area contributed by atoms with Crippen molar-refractivity contribution in [2.24, 2.45) is 0 Å². The third-order valence-corrected chi connectivity index (χ3v) is 11.8. The number of anilines is 3. The summed E-state index contributed by atoms with van der Waals surface area (Å²) >= 11 is 0. The average Bonchev–Trinajstić information content (AvgIpc) is 3.66. The molecule has 0 atom stereocenters. The number of fused-ring (bicyclic) bond motifs is 4. The molecule has 0 N–H and O–H groups in total. The highest BCUT2D eigenvalue weighted by Crippen LogP contribution is 2.41. The van der Waals surface area contributed by atoms with E-state index in [-0.39, 0.29) is 0 Å². The first-order valence-electron chi connectivity index (χ1n) is 20.6. The molecular weight excluding hydrogens is 725 g/mol. The van der Waals surface area contributed by atoms with E-state index < -0.39 is 0 Å². The van der Waals surface area contributed by atoms with Crippen molar-refractivity contribution >= 4 is 49.6 Å². The smallest absolute Gasteiger partial charge is 0.0547 e. The van der Waals surface area contributed by atoms with Crippen LogP contribution in [0.1, 0.15) is 0 Å². The Hall–Kier alpha value is -7.94. The monoisotopic (exact) mass is 764 g/mol. The predicted molar refractivity (Wildman–Crippen MR) is 255 cm³/mol. The summed E-state index contributed by atoms with van der Waals surface area (Å²) in [6.07, 6.45) is 0. The van der Waals surface area contributed by atoms with Gasteiger partial charge in [-0.1, -0.05) is 182 Å². The molecule has 0 aliphatic carbocycles. The number of hydrogen-bond acceptors (Lipinski definition) is 1. The minimum atomic E-state index is 1.09. The second kappa shape index (κ2) is 15.1. The van der Waals surface area contributed by atoms with Crippen molar-refractivity contribution in [3.8, 4) is 50.2 Å². The highest BCUT2D eigenvalue weighted by atomic mass is 15.1. The van der Waals surface area contributed by atoms with Crippen LogP contribution in [0.2, 0.25) is 0 Å². The molecule has 10 aromatic carbocycles. The molecule has 0 fully saturated rings. The first-order valence-corrected chi connectivity index (χ1v) is 20.6. The Labute approximate surface area is 350 Å². The molecule has 282 valence electrons. The molecule has 2 heteroatoms. The van der Waals surface area contributed by atoms with Crippen molar-refractivity contribution in [1.29, 1.82) is 0 Å². The van der Waals surface area contributed by atoms with Gasteiger partial charge in [0.25, 0.3) is 0 Å². The number of aromatic nitrogens is 1. The molecule has 11 aromatic rings. The Balaban J connectivity index is 0.999. The Morgan fingerprint density at radius 3 is 1.40 bits per heavy atom.